The fraction of sp³-hybridized carbons (Fsp3) is 0.636. The molecule has 0 radical (unpaired) electrons. The molecule has 0 aromatic carbocycles. The molecule has 2 N–H and O–H groups in total. The van der Waals surface area contributed by atoms with E-state index in [0.29, 0.717) is 19.3 Å². The summed E-state index contributed by atoms with van der Waals surface area (Å²) in [4.78, 5) is 10.6. The molecule has 5 heteroatoms. The van der Waals surface area contributed by atoms with Gasteiger partial charge in [-0.05, 0) is 31.7 Å². The SMILES string of the molecule is Cn1nccc1CCC1(O)CC(C(=O)O)C1. The molecule has 2 rings (SSSR count). The Bertz CT molecular complexity index is 394. The van der Waals surface area contributed by atoms with Gasteiger partial charge in [0.05, 0.1) is 11.5 Å². The predicted octanol–water partition coefficient (Wildman–Crippen LogP) is 0.578. The number of hydrogen-bond donors (Lipinski definition) is 2. The minimum Gasteiger partial charge on any atom is -0.481 e. The molecule has 0 bridgehead atoms. The summed E-state index contributed by atoms with van der Waals surface area (Å²) in [6.45, 7) is 0. The molecule has 0 saturated heterocycles. The van der Waals surface area contributed by atoms with Crippen molar-refractivity contribution in [2.45, 2.75) is 31.3 Å². The molecule has 1 aliphatic rings. The number of carboxylic acids is 1. The third-order valence-corrected chi connectivity index (χ3v) is 3.37. The highest BCUT2D eigenvalue weighted by Gasteiger charge is 2.45. The van der Waals surface area contributed by atoms with Gasteiger partial charge in [0.15, 0.2) is 0 Å². The Kier molecular flexibility index (Phi) is 2.71. The zero-order valence-electron chi connectivity index (χ0n) is 9.26. The average molecular weight is 224 g/mol. The Hall–Kier alpha value is -1.36. The van der Waals surface area contributed by atoms with Gasteiger partial charge < -0.3 is 10.2 Å². The minimum absolute atomic E-state index is 0.364. The van der Waals surface area contributed by atoms with Gasteiger partial charge in [-0.25, -0.2) is 0 Å². The van der Waals surface area contributed by atoms with Crippen LogP contribution in [0.4, 0.5) is 0 Å². The van der Waals surface area contributed by atoms with E-state index in [2.05, 4.69) is 5.10 Å². The molecule has 1 fully saturated rings. The first kappa shape index (κ1) is 11.1. The van der Waals surface area contributed by atoms with Crippen LogP contribution >= 0.6 is 0 Å². The van der Waals surface area contributed by atoms with E-state index in [1.54, 1.807) is 10.9 Å². The van der Waals surface area contributed by atoms with Gasteiger partial charge in [0.2, 0.25) is 0 Å². The molecular formula is C11H16N2O3. The second-order valence-electron chi connectivity index (χ2n) is 4.61. The van der Waals surface area contributed by atoms with Crippen molar-refractivity contribution in [3.8, 4) is 0 Å². The van der Waals surface area contributed by atoms with E-state index < -0.39 is 11.6 Å². The Labute approximate surface area is 93.7 Å². The maximum Gasteiger partial charge on any atom is 0.306 e. The largest absolute Gasteiger partial charge is 0.481 e. The van der Waals surface area contributed by atoms with Crippen molar-refractivity contribution >= 4 is 5.97 Å². The second-order valence-corrected chi connectivity index (χ2v) is 4.61. The molecular weight excluding hydrogens is 208 g/mol. The summed E-state index contributed by atoms with van der Waals surface area (Å²) in [7, 11) is 1.86. The van der Waals surface area contributed by atoms with E-state index in [1.807, 2.05) is 13.1 Å². The van der Waals surface area contributed by atoms with Gasteiger partial charge in [0.1, 0.15) is 0 Å². The van der Waals surface area contributed by atoms with Crippen LogP contribution in [0.25, 0.3) is 0 Å². The lowest BCUT2D eigenvalue weighted by Crippen LogP contribution is -2.47. The van der Waals surface area contributed by atoms with Gasteiger partial charge in [-0.1, -0.05) is 0 Å². The topological polar surface area (TPSA) is 75.3 Å². The molecule has 88 valence electrons. The minimum atomic E-state index is -0.801. The lowest BCUT2D eigenvalue weighted by atomic mass is 9.68. The fourth-order valence-corrected chi connectivity index (χ4v) is 2.24. The lowest BCUT2D eigenvalue weighted by Gasteiger charge is -2.41. The van der Waals surface area contributed by atoms with Crippen LogP contribution in [0.5, 0.6) is 0 Å². The van der Waals surface area contributed by atoms with Gasteiger partial charge in [-0.3, -0.25) is 9.48 Å². The Morgan fingerprint density at radius 3 is 2.88 bits per heavy atom. The zero-order valence-corrected chi connectivity index (χ0v) is 9.26. The van der Waals surface area contributed by atoms with Gasteiger partial charge in [-0.2, -0.15) is 5.10 Å². The summed E-state index contributed by atoms with van der Waals surface area (Å²) in [5, 5.41) is 22.8. The maximum atomic E-state index is 10.6. The molecule has 1 heterocycles. The smallest absolute Gasteiger partial charge is 0.306 e. The van der Waals surface area contributed by atoms with Crippen molar-refractivity contribution in [2.75, 3.05) is 0 Å². The quantitative estimate of drug-likeness (QED) is 0.784. The summed E-state index contributed by atoms with van der Waals surface area (Å²) < 4.78 is 1.77. The third kappa shape index (κ3) is 2.09. The lowest BCUT2D eigenvalue weighted by molar-refractivity contribution is -0.158. The van der Waals surface area contributed by atoms with Crippen molar-refractivity contribution in [1.29, 1.82) is 0 Å². The summed E-state index contributed by atoms with van der Waals surface area (Å²) in [6, 6.07) is 1.91. The van der Waals surface area contributed by atoms with Crippen LogP contribution in [0.1, 0.15) is 25.0 Å². The van der Waals surface area contributed by atoms with E-state index in [-0.39, 0.29) is 5.92 Å². The number of carbonyl (C=O) groups is 1. The summed E-state index contributed by atoms with van der Waals surface area (Å²) in [5.74, 6) is -1.17. The Balaban J connectivity index is 1.84. The van der Waals surface area contributed by atoms with Crippen LogP contribution in [-0.2, 0) is 18.3 Å². The first-order valence-electron chi connectivity index (χ1n) is 5.42. The highest BCUT2D eigenvalue weighted by Crippen LogP contribution is 2.40. The predicted molar refractivity (Wildman–Crippen MR) is 56.8 cm³/mol. The Morgan fingerprint density at radius 2 is 2.38 bits per heavy atom. The van der Waals surface area contributed by atoms with Gasteiger partial charge in [0.25, 0.3) is 0 Å². The molecule has 0 unspecified atom stereocenters. The molecule has 1 aliphatic carbocycles. The van der Waals surface area contributed by atoms with Crippen LogP contribution in [0.15, 0.2) is 12.3 Å². The highest BCUT2D eigenvalue weighted by molar-refractivity contribution is 5.71. The van der Waals surface area contributed by atoms with Crippen molar-refractivity contribution in [3.05, 3.63) is 18.0 Å². The molecule has 0 atom stereocenters. The second kappa shape index (κ2) is 3.90. The number of carboxylic acid groups (broad SMARTS) is 1. The van der Waals surface area contributed by atoms with Crippen LogP contribution in [0.3, 0.4) is 0 Å². The summed E-state index contributed by atoms with van der Waals surface area (Å²) >= 11 is 0. The number of aliphatic hydroxyl groups is 1. The van der Waals surface area contributed by atoms with E-state index in [9.17, 15) is 9.90 Å². The molecule has 0 aliphatic heterocycles. The van der Waals surface area contributed by atoms with Gasteiger partial charge in [-0.15, -0.1) is 0 Å². The molecule has 5 nitrogen and oxygen atoms in total. The first-order chi connectivity index (χ1) is 7.50. The third-order valence-electron chi connectivity index (χ3n) is 3.37. The van der Waals surface area contributed by atoms with Crippen LogP contribution in [0, 0.1) is 5.92 Å². The summed E-state index contributed by atoms with van der Waals surface area (Å²) in [6.07, 6.45) is 3.82. The number of hydrogen-bond acceptors (Lipinski definition) is 3. The van der Waals surface area contributed by atoms with Crippen molar-refractivity contribution in [1.82, 2.24) is 9.78 Å². The number of aliphatic carboxylic acids is 1. The monoisotopic (exact) mass is 224 g/mol. The Morgan fingerprint density at radius 1 is 1.69 bits per heavy atom. The number of aryl methyl sites for hydroxylation is 2. The average Bonchev–Trinajstić information content (AvgIpc) is 2.56. The molecule has 0 spiro atoms. The standard InChI is InChI=1S/C11H16N2O3/c1-13-9(3-5-12-13)2-4-11(16)6-8(7-11)10(14)15/h3,5,8,16H,2,4,6-7H2,1H3,(H,14,15). The fourth-order valence-electron chi connectivity index (χ4n) is 2.24. The number of nitrogens with zero attached hydrogens (tertiary/aromatic N) is 2. The van der Waals surface area contributed by atoms with Crippen molar-refractivity contribution < 1.29 is 15.0 Å². The zero-order chi connectivity index (χ0) is 11.8. The molecule has 1 aromatic rings. The molecule has 1 saturated carbocycles. The van der Waals surface area contributed by atoms with Crippen molar-refractivity contribution in [3.63, 3.8) is 0 Å². The van der Waals surface area contributed by atoms with E-state index in [0.717, 1.165) is 12.1 Å². The van der Waals surface area contributed by atoms with E-state index in [1.165, 1.54) is 0 Å². The molecule has 1 aromatic heterocycles. The first-order valence-corrected chi connectivity index (χ1v) is 5.42. The molecule has 0 amide bonds. The van der Waals surface area contributed by atoms with Crippen LogP contribution < -0.4 is 0 Å². The van der Waals surface area contributed by atoms with Gasteiger partial charge >= 0.3 is 5.97 Å². The van der Waals surface area contributed by atoms with Crippen LogP contribution in [-0.4, -0.2) is 31.6 Å². The van der Waals surface area contributed by atoms with E-state index >= 15 is 0 Å². The molecule has 16 heavy (non-hydrogen) atoms. The maximum absolute atomic E-state index is 10.6. The van der Waals surface area contributed by atoms with Crippen molar-refractivity contribution in [2.24, 2.45) is 13.0 Å². The highest BCUT2D eigenvalue weighted by atomic mass is 16.4. The number of rotatable bonds is 4. The number of aromatic nitrogens is 2. The van der Waals surface area contributed by atoms with Gasteiger partial charge in [0, 0.05) is 18.9 Å². The normalized spacial score (nSPS) is 28.8. The van der Waals surface area contributed by atoms with E-state index in [4.69, 9.17) is 5.11 Å². The summed E-state index contributed by atoms with van der Waals surface area (Å²) in [5.41, 5.74) is 0.278. The van der Waals surface area contributed by atoms with Crippen LogP contribution in [0.2, 0.25) is 0 Å².